The van der Waals surface area contributed by atoms with Gasteiger partial charge in [-0.2, -0.15) is 13.7 Å². The number of aromatic nitrogens is 6. The maximum absolute atomic E-state index is 13.5. The number of sulfonamides is 2. The van der Waals surface area contributed by atoms with Crippen molar-refractivity contribution in [2.24, 2.45) is 0 Å². The maximum atomic E-state index is 13.5. The van der Waals surface area contributed by atoms with Crippen LogP contribution >= 0.6 is 0 Å². The Morgan fingerprint density at radius 3 is 1.76 bits per heavy atom. The first-order chi connectivity index (χ1) is 22.8. The minimum absolute atomic E-state index is 0.0482. The predicted octanol–water partition coefficient (Wildman–Crippen LogP) is -1.28. The van der Waals surface area contributed by atoms with Gasteiger partial charge in [-0.05, 0) is 12.1 Å². The normalized spacial score (nSPS) is 11.5. The summed E-state index contributed by atoms with van der Waals surface area (Å²) in [5, 5.41) is 24.3. The Bertz CT molecular complexity index is 2600. The number of halogens is 1. The van der Waals surface area contributed by atoms with Crippen LogP contribution < -0.4 is 37.5 Å². The molecule has 26 heteroatoms. The molecule has 2 aromatic carbocycles. The fraction of sp³-hybridized carbons (Fsp3) is 0.174. The van der Waals surface area contributed by atoms with Gasteiger partial charge in [0.25, 0.3) is 16.8 Å². The molecule has 5 rings (SSSR count). The average molecular weight is 728 g/mol. The highest BCUT2D eigenvalue weighted by molar-refractivity contribution is 7.91. The highest BCUT2D eigenvalue weighted by Crippen LogP contribution is 2.27. The molecule has 0 saturated heterocycles. The molecule has 0 spiro atoms. The molecule has 0 unspecified atom stereocenters. The van der Waals surface area contributed by atoms with Crippen molar-refractivity contribution in [3.63, 3.8) is 0 Å². The van der Waals surface area contributed by atoms with Crippen LogP contribution in [-0.4, -0.2) is 75.0 Å². The van der Waals surface area contributed by atoms with E-state index < -0.39 is 69.3 Å². The van der Waals surface area contributed by atoms with Crippen LogP contribution in [0, 0.1) is 26.0 Å². The van der Waals surface area contributed by atoms with Gasteiger partial charge in [-0.3, -0.25) is 29.8 Å². The third-order valence-electron chi connectivity index (χ3n) is 6.15. The molecule has 0 fully saturated rings. The fourth-order valence-electron chi connectivity index (χ4n) is 4.16. The fourth-order valence-corrected chi connectivity index (χ4v) is 5.16. The number of rotatable bonds is 10. The van der Waals surface area contributed by atoms with Gasteiger partial charge in [0.1, 0.15) is 5.69 Å². The number of H-pyrrole nitrogens is 3. The third-order valence-corrected chi connectivity index (χ3v) is 7.18. The van der Waals surface area contributed by atoms with E-state index in [1.807, 2.05) is 0 Å². The number of benzene rings is 2. The molecule has 49 heavy (non-hydrogen) atoms. The Morgan fingerprint density at radius 2 is 1.31 bits per heavy atom. The van der Waals surface area contributed by atoms with Crippen LogP contribution in [0.1, 0.15) is 5.69 Å². The van der Waals surface area contributed by atoms with Crippen molar-refractivity contribution in [3.05, 3.63) is 110 Å². The minimum atomic E-state index is -3.93. The highest BCUT2D eigenvalue weighted by atomic mass is 32.2. The topological polar surface area (TPSA) is 329 Å². The van der Waals surface area contributed by atoms with E-state index in [2.05, 4.69) is 25.3 Å². The molecule has 0 saturated carbocycles. The van der Waals surface area contributed by atoms with Gasteiger partial charge in [0.2, 0.25) is 25.9 Å². The van der Waals surface area contributed by atoms with E-state index in [9.17, 15) is 60.6 Å². The molecule has 3 heterocycles. The van der Waals surface area contributed by atoms with E-state index in [4.69, 9.17) is 0 Å². The van der Waals surface area contributed by atoms with Crippen molar-refractivity contribution >= 4 is 58.9 Å². The maximum Gasteiger partial charge on any atom is 0.348 e. The second-order valence-electron chi connectivity index (χ2n) is 9.90. The summed E-state index contributed by atoms with van der Waals surface area (Å²) in [4.78, 5) is 82.9. The molecule has 0 aliphatic carbocycles. The summed E-state index contributed by atoms with van der Waals surface area (Å²) in [6.45, 7) is 0.299. The number of fused-ring (bicyclic) bond motifs is 2. The van der Waals surface area contributed by atoms with Crippen LogP contribution in [0.25, 0.3) is 21.8 Å². The molecule has 3 aromatic heterocycles. The van der Waals surface area contributed by atoms with Crippen molar-refractivity contribution in [3.8, 4) is 0 Å². The Balaban J connectivity index is 0.000000230. The van der Waals surface area contributed by atoms with Gasteiger partial charge in [-0.25, -0.2) is 41.1 Å². The largest absolute Gasteiger partial charge is 0.379 e. The van der Waals surface area contributed by atoms with E-state index in [1.54, 1.807) is 15.9 Å². The van der Waals surface area contributed by atoms with Crippen LogP contribution in [0.3, 0.4) is 0 Å². The summed E-state index contributed by atoms with van der Waals surface area (Å²) in [6, 6.07) is 3.46. The van der Waals surface area contributed by atoms with E-state index in [0.717, 1.165) is 18.0 Å². The summed E-state index contributed by atoms with van der Waals surface area (Å²) in [7, 11) is -7.83. The lowest BCUT2D eigenvalue weighted by Crippen LogP contribution is -2.43. The monoisotopic (exact) mass is 727 g/mol. The van der Waals surface area contributed by atoms with E-state index >= 15 is 0 Å². The Morgan fingerprint density at radius 1 is 0.816 bits per heavy atom. The van der Waals surface area contributed by atoms with Crippen molar-refractivity contribution in [2.75, 3.05) is 34.0 Å². The molecular weight excluding hydrogens is 705 g/mol. The lowest BCUT2D eigenvalue weighted by atomic mass is 10.2. The molecule has 0 radical (unpaired) electrons. The predicted molar refractivity (Wildman–Crippen MR) is 170 cm³/mol. The molecule has 23 nitrogen and oxygen atoms in total. The summed E-state index contributed by atoms with van der Waals surface area (Å²) in [5.74, 6) is -1.29. The van der Waals surface area contributed by atoms with Gasteiger partial charge in [-0.1, -0.05) is 0 Å². The average Bonchev–Trinajstić information content (AvgIpc) is 3.50. The van der Waals surface area contributed by atoms with E-state index in [-0.39, 0.29) is 37.1 Å². The van der Waals surface area contributed by atoms with E-state index in [0.29, 0.717) is 31.4 Å². The van der Waals surface area contributed by atoms with Crippen LogP contribution in [0.5, 0.6) is 0 Å². The number of imidazole rings is 1. The molecule has 0 atom stereocenters. The number of nitrogens with zero attached hydrogens (tertiary/aromatic N) is 5. The van der Waals surface area contributed by atoms with Crippen molar-refractivity contribution in [1.29, 1.82) is 0 Å². The molecule has 0 amide bonds. The standard InChI is InChI=1S/C14H15N7O6S.C9H7FN4O6S/c1-28(26,27)19-20-13(22)9-4-11(16-3-2-8-6-15-7-17-8)12(21(24)25)5-10(9)18-14(20)23;1-21(19,20)12-13-8(15)4-2-5(10)7(14(17)18)3-6(4)11-9(13)16/h4-7,16,19H,2-3H2,1H3,(H,15,17)(H,18,23);2-3,12H,1H3,(H,11,16). The van der Waals surface area contributed by atoms with Gasteiger partial charge >= 0.3 is 17.1 Å². The Hall–Kier alpha value is -6.44. The number of nitrogens with one attached hydrogen (secondary N) is 6. The molecule has 0 aliphatic rings. The molecule has 0 aliphatic heterocycles. The van der Waals surface area contributed by atoms with Crippen LogP contribution in [0.4, 0.5) is 21.5 Å². The zero-order valence-corrected chi connectivity index (χ0v) is 26.3. The van der Waals surface area contributed by atoms with Crippen molar-refractivity contribution in [1.82, 2.24) is 29.3 Å². The SMILES string of the molecule is CS(=O)(=O)Nn1c(=O)[nH]c2cc([N+](=O)[O-])c(F)cc2c1=O.CS(=O)(=O)Nn1c(=O)[nH]c2cc([N+](=O)[O-])c(NCCc3cnc[nH]3)cc2c1=O. The van der Waals surface area contributed by atoms with Crippen molar-refractivity contribution < 1.29 is 31.1 Å². The van der Waals surface area contributed by atoms with E-state index in [1.165, 1.54) is 12.4 Å². The smallest absolute Gasteiger partial charge is 0.348 e. The second kappa shape index (κ2) is 13.4. The first-order valence-corrected chi connectivity index (χ1v) is 16.8. The molecule has 5 aromatic rings. The van der Waals surface area contributed by atoms with Gasteiger partial charge in [-0.15, -0.1) is 0 Å². The molecule has 6 N–H and O–H groups in total. The zero-order chi connectivity index (χ0) is 36.4. The second-order valence-corrected chi connectivity index (χ2v) is 13.4. The lowest BCUT2D eigenvalue weighted by Gasteiger charge is -2.10. The van der Waals surface area contributed by atoms with Crippen LogP contribution in [0.2, 0.25) is 0 Å². The first-order valence-electron chi connectivity index (χ1n) is 13.0. The molecule has 0 bridgehead atoms. The minimum Gasteiger partial charge on any atom is -0.379 e. The number of anilines is 1. The Labute approximate surface area is 269 Å². The summed E-state index contributed by atoms with van der Waals surface area (Å²) in [5.41, 5.74) is -5.16. The number of aromatic amines is 3. The number of nitro groups is 2. The molecular formula is C23H22FN11O12S2. The van der Waals surface area contributed by atoms with Gasteiger partial charge < -0.3 is 20.3 Å². The molecule has 260 valence electrons. The van der Waals surface area contributed by atoms with Crippen LogP contribution in [-0.2, 0) is 26.5 Å². The van der Waals surface area contributed by atoms with Gasteiger partial charge in [0.15, 0.2) is 0 Å². The highest BCUT2D eigenvalue weighted by Gasteiger charge is 2.21. The van der Waals surface area contributed by atoms with Gasteiger partial charge in [0.05, 0.1) is 50.5 Å². The Kier molecular flexibility index (Phi) is 9.65. The number of nitro benzene ring substituents is 2. The zero-order valence-electron chi connectivity index (χ0n) is 24.7. The quantitative estimate of drug-likeness (QED) is 0.0721. The van der Waals surface area contributed by atoms with Crippen molar-refractivity contribution in [2.45, 2.75) is 6.42 Å². The van der Waals surface area contributed by atoms with Crippen LogP contribution in [0.15, 0.2) is 56.0 Å². The third kappa shape index (κ3) is 8.29. The summed E-state index contributed by atoms with van der Waals surface area (Å²) in [6.07, 6.45) is 5.08. The first kappa shape index (κ1) is 35.4. The lowest BCUT2D eigenvalue weighted by molar-refractivity contribution is -0.387. The number of hydrogen-bond acceptors (Lipinski definition) is 14. The van der Waals surface area contributed by atoms with Gasteiger partial charge in [0, 0.05) is 37.0 Å². The summed E-state index contributed by atoms with van der Waals surface area (Å²) < 4.78 is 58.8. The summed E-state index contributed by atoms with van der Waals surface area (Å²) >= 11 is 0. The number of hydrogen-bond donors (Lipinski definition) is 6.